The molecule has 0 aliphatic rings. The molecular formula is C25H26N4OS. The van der Waals surface area contributed by atoms with Gasteiger partial charge in [-0.1, -0.05) is 49.9 Å². The highest BCUT2D eigenvalue weighted by molar-refractivity contribution is 7.99. The van der Waals surface area contributed by atoms with Gasteiger partial charge in [-0.3, -0.25) is 9.55 Å². The minimum absolute atomic E-state index is 0.517. The number of ether oxygens (including phenoxy) is 1. The Morgan fingerprint density at radius 3 is 2.45 bits per heavy atom. The molecular weight excluding hydrogens is 404 g/mol. The summed E-state index contributed by atoms with van der Waals surface area (Å²) in [5, 5.41) is 9.76. The number of nitrogens with zero attached hydrogens (tertiary/aromatic N) is 4. The van der Waals surface area contributed by atoms with Crippen molar-refractivity contribution >= 4 is 11.8 Å². The summed E-state index contributed by atoms with van der Waals surface area (Å²) < 4.78 is 8.08. The molecule has 0 atom stereocenters. The summed E-state index contributed by atoms with van der Waals surface area (Å²) in [5.74, 6) is 3.00. The predicted octanol–water partition coefficient (Wildman–Crippen LogP) is 5.93. The highest BCUT2D eigenvalue weighted by Gasteiger charge is 2.16. The maximum absolute atomic E-state index is 5.99. The van der Waals surface area contributed by atoms with E-state index < -0.39 is 0 Å². The summed E-state index contributed by atoms with van der Waals surface area (Å²) in [6.07, 6.45) is 3.54. The predicted molar refractivity (Wildman–Crippen MR) is 126 cm³/mol. The van der Waals surface area contributed by atoms with Crippen LogP contribution in [0.25, 0.3) is 17.1 Å². The first-order valence-corrected chi connectivity index (χ1v) is 11.4. The van der Waals surface area contributed by atoms with Crippen molar-refractivity contribution in [3.63, 3.8) is 0 Å². The van der Waals surface area contributed by atoms with Gasteiger partial charge in [0.15, 0.2) is 11.0 Å². The van der Waals surface area contributed by atoms with Gasteiger partial charge in [0.25, 0.3) is 0 Å². The zero-order chi connectivity index (χ0) is 21.6. The lowest BCUT2D eigenvalue weighted by atomic mass is 9.98. The molecule has 31 heavy (non-hydrogen) atoms. The van der Waals surface area contributed by atoms with Crippen molar-refractivity contribution in [2.24, 2.45) is 0 Å². The minimum Gasteiger partial charge on any atom is -0.493 e. The molecule has 2 heterocycles. The van der Waals surface area contributed by atoms with E-state index in [0.29, 0.717) is 12.5 Å². The molecule has 5 nitrogen and oxygen atoms in total. The van der Waals surface area contributed by atoms with Crippen LogP contribution in [0.15, 0.2) is 78.2 Å². The number of benzene rings is 2. The maximum atomic E-state index is 5.99. The van der Waals surface area contributed by atoms with Crippen molar-refractivity contribution in [1.82, 2.24) is 19.7 Å². The minimum atomic E-state index is 0.517. The smallest absolute Gasteiger partial charge is 0.196 e. The van der Waals surface area contributed by atoms with E-state index in [-0.39, 0.29) is 0 Å². The van der Waals surface area contributed by atoms with Gasteiger partial charge in [-0.05, 0) is 60.4 Å². The van der Waals surface area contributed by atoms with E-state index in [2.05, 4.69) is 70.9 Å². The van der Waals surface area contributed by atoms with Crippen LogP contribution in [0.2, 0.25) is 0 Å². The van der Waals surface area contributed by atoms with Gasteiger partial charge in [0.2, 0.25) is 0 Å². The Labute approximate surface area is 187 Å². The van der Waals surface area contributed by atoms with Crippen molar-refractivity contribution in [1.29, 1.82) is 0 Å². The molecule has 0 bridgehead atoms. The largest absolute Gasteiger partial charge is 0.493 e. The van der Waals surface area contributed by atoms with E-state index in [1.165, 1.54) is 11.1 Å². The summed E-state index contributed by atoms with van der Waals surface area (Å²) in [6, 6.07) is 20.4. The molecule has 0 aliphatic carbocycles. The number of pyridine rings is 1. The summed E-state index contributed by atoms with van der Waals surface area (Å²) in [6.45, 7) is 7.16. The van der Waals surface area contributed by atoms with Crippen LogP contribution in [0.3, 0.4) is 0 Å². The van der Waals surface area contributed by atoms with Gasteiger partial charge in [-0.25, -0.2) is 0 Å². The van der Waals surface area contributed by atoms with Gasteiger partial charge in [0, 0.05) is 29.4 Å². The Hall–Kier alpha value is -3.12. The van der Waals surface area contributed by atoms with E-state index in [1.54, 1.807) is 24.2 Å². The molecule has 0 saturated carbocycles. The second-order valence-corrected chi connectivity index (χ2v) is 8.65. The highest BCUT2D eigenvalue weighted by atomic mass is 32.2. The van der Waals surface area contributed by atoms with E-state index in [4.69, 9.17) is 4.74 Å². The van der Waals surface area contributed by atoms with Gasteiger partial charge >= 0.3 is 0 Å². The number of hydrogen-bond acceptors (Lipinski definition) is 5. The van der Waals surface area contributed by atoms with Gasteiger partial charge in [-0.2, -0.15) is 0 Å². The van der Waals surface area contributed by atoms with Crippen LogP contribution >= 0.6 is 11.8 Å². The molecule has 0 N–H and O–H groups in total. The zero-order valence-corrected chi connectivity index (χ0v) is 18.8. The van der Waals surface area contributed by atoms with Gasteiger partial charge in [0.1, 0.15) is 5.75 Å². The Morgan fingerprint density at radius 1 is 0.968 bits per heavy atom. The first-order valence-electron chi connectivity index (χ1n) is 10.4. The topological polar surface area (TPSA) is 52.8 Å². The van der Waals surface area contributed by atoms with E-state index in [0.717, 1.165) is 33.7 Å². The molecule has 0 saturated heterocycles. The van der Waals surface area contributed by atoms with Gasteiger partial charge in [-0.15, -0.1) is 10.2 Å². The third kappa shape index (κ3) is 4.97. The summed E-state index contributed by atoms with van der Waals surface area (Å²) in [5.41, 5.74) is 4.64. The SMILES string of the molecule is Cc1cc(OCCSc2nnc(-c3ccncc3)n2-c2ccccc2)ccc1C(C)C. The lowest BCUT2D eigenvalue weighted by Crippen LogP contribution is -2.04. The van der Waals surface area contributed by atoms with Crippen molar-refractivity contribution in [2.45, 2.75) is 31.8 Å². The molecule has 6 heteroatoms. The lowest BCUT2D eigenvalue weighted by molar-refractivity contribution is 0.343. The summed E-state index contributed by atoms with van der Waals surface area (Å²) in [4.78, 5) is 4.11. The van der Waals surface area contributed by atoms with E-state index in [1.807, 2.05) is 30.3 Å². The fourth-order valence-electron chi connectivity index (χ4n) is 3.54. The molecule has 4 rings (SSSR count). The molecule has 2 aromatic carbocycles. The average Bonchev–Trinajstić information content (AvgIpc) is 3.21. The van der Waals surface area contributed by atoms with Gasteiger partial charge < -0.3 is 4.74 Å². The van der Waals surface area contributed by atoms with Crippen LogP contribution in [-0.4, -0.2) is 32.1 Å². The Bertz CT molecular complexity index is 1130. The van der Waals surface area contributed by atoms with Crippen LogP contribution in [0.5, 0.6) is 5.75 Å². The Morgan fingerprint density at radius 2 is 1.74 bits per heavy atom. The van der Waals surface area contributed by atoms with Crippen LogP contribution in [0.4, 0.5) is 0 Å². The molecule has 0 amide bonds. The molecule has 0 radical (unpaired) electrons. The summed E-state index contributed by atoms with van der Waals surface area (Å²) >= 11 is 1.64. The molecule has 0 aliphatic heterocycles. The fourth-order valence-corrected chi connectivity index (χ4v) is 4.31. The maximum Gasteiger partial charge on any atom is 0.196 e. The first kappa shape index (κ1) is 21.1. The second-order valence-electron chi connectivity index (χ2n) is 7.58. The average molecular weight is 431 g/mol. The molecule has 0 fully saturated rings. The molecule has 0 unspecified atom stereocenters. The van der Waals surface area contributed by atoms with Crippen molar-refractivity contribution in [3.8, 4) is 22.8 Å². The van der Waals surface area contributed by atoms with E-state index in [9.17, 15) is 0 Å². The Balaban J connectivity index is 1.48. The van der Waals surface area contributed by atoms with Crippen molar-refractivity contribution in [2.75, 3.05) is 12.4 Å². The van der Waals surface area contributed by atoms with Crippen molar-refractivity contribution in [3.05, 3.63) is 84.2 Å². The first-order chi connectivity index (χ1) is 15.1. The molecule has 4 aromatic rings. The zero-order valence-electron chi connectivity index (χ0n) is 18.0. The fraction of sp³-hybridized carbons (Fsp3) is 0.240. The number of thioether (sulfide) groups is 1. The van der Waals surface area contributed by atoms with Crippen LogP contribution in [0.1, 0.15) is 30.9 Å². The molecule has 0 spiro atoms. The number of aromatic nitrogens is 4. The number of rotatable bonds is 8. The monoisotopic (exact) mass is 430 g/mol. The number of hydrogen-bond donors (Lipinski definition) is 0. The number of para-hydroxylation sites is 1. The van der Waals surface area contributed by atoms with Crippen molar-refractivity contribution < 1.29 is 4.74 Å². The lowest BCUT2D eigenvalue weighted by Gasteiger charge is -2.13. The summed E-state index contributed by atoms with van der Waals surface area (Å²) in [7, 11) is 0. The number of aryl methyl sites for hydroxylation is 1. The Kier molecular flexibility index (Phi) is 6.67. The second kappa shape index (κ2) is 9.79. The van der Waals surface area contributed by atoms with Gasteiger partial charge in [0.05, 0.1) is 6.61 Å². The molecule has 158 valence electrons. The highest BCUT2D eigenvalue weighted by Crippen LogP contribution is 2.28. The van der Waals surface area contributed by atoms with Crippen LogP contribution < -0.4 is 4.74 Å². The molecule has 2 aromatic heterocycles. The third-order valence-electron chi connectivity index (χ3n) is 5.03. The van der Waals surface area contributed by atoms with Crippen LogP contribution in [-0.2, 0) is 0 Å². The normalized spacial score (nSPS) is 11.1. The third-order valence-corrected chi connectivity index (χ3v) is 5.93. The van der Waals surface area contributed by atoms with E-state index >= 15 is 0 Å². The van der Waals surface area contributed by atoms with Crippen LogP contribution in [0, 0.1) is 6.92 Å². The standard InChI is InChI=1S/C25H26N4OS/c1-18(2)23-10-9-22(17-19(23)3)30-15-16-31-25-28-27-24(20-11-13-26-14-12-20)29(25)21-7-5-4-6-8-21/h4-14,17-18H,15-16H2,1-3H3. The quantitative estimate of drug-likeness (QED) is 0.256.